The Morgan fingerprint density at radius 2 is 2.12 bits per heavy atom. The Labute approximate surface area is 102 Å². The van der Waals surface area contributed by atoms with Gasteiger partial charge in [0.2, 0.25) is 0 Å². The van der Waals surface area contributed by atoms with E-state index in [-0.39, 0.29) is 5.97 Å². The summed E-state index contributed by atoms with van der Waals surface area (Å²) in [4.78, 5) is 10.9. The molecule has 0 saturated heterocycles. The second-order valence-electron chi connectivity index (χ2n) is 3.82. The lowest BCUT2D eigenvalue weighted by Gasteiger charge is -2.10. The molecule has 1 aromatic rings. The van der Waals surface area contributed by atoms with Crippen LogP contribution in [0.25, 0.3) is 0 Å². The molecule has 0 heterocycles. The fourth-order valence-corrected chi connectivity index (χ4v) is 1.56. The molecule has 0 radical (unpaired) electrons. The lowest BCUT2D eigenvalue weighted by Crippen LogP contribution is -2.18. The number of aryl methyl sites for hydroxylation is 1. The number of ether oxygens (including phenoxy) is 2. The van der Waals surface area contributed by atoms with Crippen molar-refractivity contribution in [3.8, 4) is 5.75 Å². The fraction of sp³-hybridized carbons (Fsp3) is 0.462. The Morgan fingerprint density at radius 3 is 2.76 bits per heavy atom. The summed E-state index contributed by atoms with van der Waals surface area (Å²) in [5, 5.41) is 3.19. The van der Waals surface area contributed by atoms with E-state index in [9.17, 15) is 4.79 Å². The molecule has 1 N–H and O–H groups in total. The van der Waals surface area contributed by atoms with Crippen LogP contribution in [0.3, 0.4) is 0 Å². The van der Waals surface area contributed by atoms with Gasteiger partial charge in [0.15, 0.2) is 0 Å². The number of methoxy groups -OCH3 is 2. The number of hydrogen-bond acceptors (Lipinski definition) is 4. The number of hydrogen-bond donors (Lipinski definition) is 1. The molecular weight excluding hydrogens is 218 g/mol. The summed E-state index contributed by atoms with van der Waals surface area (Å²) in [7, 11) is 3.05. The van der Waals surface area contributed by atoms with Gasteiger partial charge >= 0.3 is 5.97 Å². The molecule has 0 amide bonds. The van der Waals surface area contributed by atoms with Crippen LogP contribution in [0.15, 0.2) is 18.2 Å². The van der Waals surface area contributed by atoms with Crippen LogP contribution < -0.4 is 10.1 Å². The van der Waals surface area contributed by atoms with Crippen LogP contribution in [0.2, 0.25) is 0 Å². The van der Waals surface area contributed by atoms with E-state index in [0.717, 1.165) is 11.3 Å². The molecule has 1 aromatic carbocycles. The Hall–Kier alpha value is -1.55. The third-order valence-electron chi connectivity index (χ3n) is 2.48. The highest BCUT2D eigenvalue weighted by atomic mass is 16.5. The number of carbonyl (C=O) groups is 1. The third-order valence-corrected chi connectivity index (χ3v) is 2.48. The van der Waals surface area contributed by atoms with Crippen LogP contribution in [0.5, 0.6) is 5.75 Å². The van der Waals surface area contributed by atoms with Crippen LogP contribution in [-0.4, -0.2) is 26.7 Å². The zero-order valence-corrected chi connectivity index (χ0v) is 10.6. The van der Waals surface area contributed by atoms with E-state index in [0.29, 0.717) is 19.5 Å². The van der Waals surface area contributed by atoms with E-state index in [2.05, 4.69) is 16.1 Å². The van der Waals surface area contributed by atoms with E-state index in [4.69, 9.17) is 4.74 Å². The van der Waals surface area contributed by atoms with Gasteiger partial charge in [-0.1, -0.05) is 17.7 Å². The molecule has 0 aliphatic heterocycles. The average molecular weight is 237 g/mol. The minimum Gasteiger partial charge on any atom is -0.496 e. The highest BCUT2D eigenvalue weighted by Crippen LogP contribution is 2.19. The van der Waals surface area contributed by atoms with Crippen LogP contribution in [-0.2, 0) is 16.1 Å². The monoisotopic (exact) mass is 237 g/mol. The normalized spacial score (nSPS) is 10.1. The second-order valence-corrected chi connectivity index (χ2v) is 3.82. The Kier molecular flexibility index (Phi) is 5.49. The van der Waals surface area contributed by atoms with Gasteiger partial charge in [0.25, 0.3) is 0 Å². The van der Waals surface area contributed by atoms with E-state index >= 15 is 0 Å². The zero-order valence-electron chi connectivity index (χ0n) is 10.6. The van der Waals surface area contributed by atoms with Crippen molar-refractivity contribution in [3.05, 3.63) is 29.3 Å². The van der Waals surface area contributed by atoms with E-state index in [1.807, 2.05) is 19.1 Å². The van der Waals surface area contributed by atoms with Crippen molar-refractivity contribution in [1.82, 2.24) is 5.32 Å². The van der Waals surface area contributed by atoms with E-state index in [1.165, 1.54) is 12.7 Å². The van der Waals surface area contributed by atoms with E-state index in [1.54, 1.807) is 7.11 Å². The molecular formula is C13H19NO3. The van der Waals surface area contributed by atoms with Crippen molar-refractivity contribution < 1.29 is 14.3 Å². The molecule has 0 spiro atoms. The highest BCUT2D eigenvalue weighted by molar-refractivity contribution is 5.69. The predicted octanol–water partition coefficient (Wildman–Crippen LogP) is 1.66. The molecule has 0 aromatic heterocycles. The number of rotatable bonds is 6. The second kappa shape index (κ2) is 6.91. The first kappa shape index (κ1) is 13.5. The Balaban J connectivity index is 2.45. The smallest absolute Gasteiger partial charge is 0.306 e. The van der Waals surface area contributed by atoms with Crippen LogP contribution in [0, 0.1) is 6.92 Å². The van der Waals surface area contributed by atoms with E-state index < -0.39 is 0 Å². The Morgan fingerprint density at radius 1 is 1.35 bits per heavy atom. The molecule has 1 rings (SSSR count). The number of benzene rings is 1. The molecule has 0 atom stereocenters. The summed E-state index contributed by atoms with van der Waals surface area (Å²) in [6.07, 6.45) is 0.380. The number of nitrogens with one attached hydrogen (secondary N) is 1. The topological polar surface area (TPSA) is 47.6 Å². The molecule has 17 heavy (non-hydrogen) atoms. The summed E-state index contributed by atoms with van der Waals surface area (Å²) in [6, 6.07) is 6.04. The molecule has 0 bridgehead atoms. The van der Waals surface area contributed by atoms with Gasteiger partial charge < -0.3 is 14.8 Å². The average Bonchev–Trinajstić information content (AvgIpc) is 2.34. The van der Waals surface area contributed by atoms with Crippen molar-refractivity contribution in [2.75, 3.05) is 20.8 Å². The van der Waals surface area contributed by atoms with Crippen molar-refractivity contribution in [2.45, 2.75) is 19.9 Å². The van der Waals surface area contributed by atoms with Gasteiger partial charge in [-0.15, -0.1) is 0 Å². The maximum atomic E-state index is 10.9. The van der Waals surface area contributed by atoms with Gasteiger partial charge in [0.05, 0.1) is 20.6 Å². The largest absolute Gasteiger partial charge is 0.496 e. The minimum atomic E-state index is -0.200. The first-order valence-corrected chi connectivity index (χ1v) is 5.58. The number of carbonyl (C=O) groups excluding carboxylic acids is 1. The standard InChI is InChI=1S/C13H19NO3/c1-10-4-5-12(16-2)11(8-10)9-14-7-6-13(15)17-3/h4-5,8,14H,6-7,9H2,1-3H3. The molecule has 0 aliphatic carbocycles. The number of esters is 1. The van der Waals surface area contributed by atoms with Crippen molar-refractivity contribution in [3.63, 3.8) is 0 Å². The Bertz CT molecular complexity index is 377. The zero-order chi connectivity index (χ0) is 12.7. The van der Waals surface area contributed by atoms with Gasteiger partial charge in [-0.2, -0.15) is 0 Å². The van der Waals surface area contributed by atoms with Crippen molar-refractivity contribution in [2.24, 2.45) is 0 Å². The van der Waals surface area contributed by atoms with Crippen molar-refractivity contribution >= 4 is 5.97 Å². The van der Waals surface area contributed by atoms with Gasteiger partial charge in [-0.25, -0.2) is 0 Å². The summed E-state index contributed by atoms with van der Waals surface area (Å²) >= 11 is 0. The first-order valence-electron chi connectivity index (χ1n) is 5.58. The highest BCUT2D eigenvalue weighted by Gasteiger charge is 2.03. The van der Waals surface area contributed by atoms with Crippen molar-refractivity contribution in [1.29, 1.82) is 0 Å². The predicted molar refractivity (Wildman–Crippen MR) is 66.1 cm³/mol. The quantitative estimate of drug-likeness (QED) is 0.604. The third kappa shape index (κ3) is 4.44. The van der Waals surface area contributed by atoms with Crippen LogP contribution in [0.4, 0.5) is 0 Å². The molecule has 4 heteroatoms. The maximum absolute atomic E-state index is 10.9. The fourth-order valence-electron chi connectivity index (χ4n) is 1.56. The molecule has 0 fully saturated rings. The summed E-state index contributed by atoms with van der Waals surface area (Å²) in [5.41, 5.74) is 2.29. The lowest BCUT2D eigenvalue weighted by molar-refractivity contribution is -0.140. The lowest BCUT2D eigenvalue weighted by atomic mass is 10.1. The molecule has 4 nitrogen and oxygen atoms in total. The molecule has 0 aliphatic rings. The first-order chi connectivity index (χ1) is 8.17. The molecule has 0 saturated carbocycles. The summed E-state index contributed by atoms with van der Waals surface area (Å²) < 4.78 is 9.83. The van der Waals surface area contributed by atoms with Gasteiger partial charge in [0.1, 0.15) is 5.75 Å². The van der Waals surface area contributed by atoms with Crippen LogP contribution >= 0.6 is 0 Å². The molecule has 0 unspecified atom stereocenters. The molecule has 94 valence electrons. The van der Waals surface area contributed by atoms with Gasteiger partial charge in [0, 0.05) is 18.7 Å². The SMILES string of the molecule is COC(=O)CCNCc1cc(C)ccc1OC. The summed E-state index contributed by atoms with van der Waals surface area (Å²) in [6.45, 7) is 3.32. The summed E-state index contributed by atoms with van der Waals surface area (Å²) in [5.74, 6) is 0.662. The maximum Gasteiger partial charge on any atom is 0.306 e. The van der Waals surface area contributed by atoms with Crippen LogP contribution in [0.1, 0.15) is 17.5 Å². The minimum absolute atomic E-state index is 0.200. The van der Waals surface area contributed by atoms with Gasteiger partial charge in [-0.3, -0.25) is 4.79 Å². The van der Waals surface area contributed by atoms with Gasteiger partial charge in [-0.05, 0) is 13.0 Å².